The van der Waals surface area contributed by atoms with Gasteiger partial charge in [-0.25, -0.2) is 4.39 Å². The molecule has 27 heavy (non-hydrogen) atoms. The first-order chi connectivity index (χ1) is 13.2. The first kappa shape index (κ1) is 19.9. The Morgan fingerprint density at radius 3 is 2.93 bits per heavy atom. The van der Waals surface area contributed by atoms with Crippen LogP contribution in [-0.2, 0) is 20.7 Å². The maximum atomic E-state index is 14.0. The van der Waals surface area contributed by atoms with Crippen LogP contribution in [0.25, 0.3) is 0 Å². The molecule has 3 rings (SSSR count). The minimum Gasteiger partial charge on any atom is -0.353 e. The molecule has 4 nitrogen and oxygen atoms in total. The van der Waals surface area contributed by atoms with Gasteiger partial charge in [-0.05, 0) is 48.9 Å². The highest BCUT2D eigenvalue weighted by Gasteiger charge is 2.17. The molecule has 1 aliphatic heterocycles. The highest BCUT2D eigenvalue weighted by atomic mass is 35.5. The second kappa shape index (κ2) is 9.93. The molecule has 1 aromatic heterocycles. The van der Waals surface area contributed by atoms with Gasteiger partial charge in [0.25, 0.3) is 0 Å². The van der Waals surface area contributed by atoms with E-state index in [4.69, 9.17) is 21.1 Å². The maximum Gasteiger partial charge on any atom is 0.157 e. The second-order valence-corrected chi connectivity index (χ2v) is 7.09. The lowest BCUT2D eigenvalue weighted by atomic mass is 10.0. The quantitative estimate of drug-likeness (QED) is 0.613. The molecule has 0 saturated carbocycles. The molecule has 2 unspecified atom stereocenters. The zero-order valence-electron chi connectivity index (χ0n) is 15.1. The molecule has 1 fully saturated rings. The normalized spacial score (nSPS) is 18.2. The van der Waals surface area contributed by atoms with Crippen LogP contribution < -0.4 is 0 Å². The number of hydrogen-bond acceptors (Lipinski definition) is 4. The van der Waals surface area contributed by atoms with Crippen molar-refractivity contribution in [1.82, 2.24) is 4.98 Å². The van der Waals surface area contributed by atoms with Gasteiger partial charge in [0.1, 0.15) is 12.1 Å². The summed E-state index contributed by atoms with van der Waals surface area (Å²) in [7, 11) is 0. The Morgan fingerprint density at radius 2 is 2.22 bits per heavy atom. The van der Waals surface area contributed by atoms with E-state index in [0.29, 0.717) is 30.7 Å². The number of hydrogen-bond donors (Lipinski definition) is 0. The highest BCUT2D eigenvalue weighted by molar-refractivity contribution is 6.30. The van der Waals surface area contributed by atoms with E-state index in [1.54, 1.807) is 18.3 Å². The summed E-state index contributed by atoms with van der Waals surface area (Å²) in [4.78, 5) is 15.8. The highest BCUT2D eigenvalue weighted by Crippen LogP contribution is 2.22. The zero-order chi connectivity index (χ0) is 19.1. The fraction of sp³-hybridized carbons (Fsp3) is 0.429. The summed E-state index contributed by atoms with van der Waals surface area (Å²) >= 11 is 5.82. The van der Waals surface area contributed by atoms with E-state index in [1.807, 2.05) is 12.1 Å². The van der Waals surface area contributed by atoms with Gasteiger partial charge in [0.15, 0.2) is 6.29 Å². The van der Waals surface area contributed by atoms with Gasteiger partial charge in [-0.2, -0.15) is 0 Å². The predicted molar refractivity (Wildman–Crippen MR) is 101 cm³/mol. The third-order valence-corrected chi connectivity index (χ3v) is 4.98. The van der Waals surface area contributed by atoms with Crippen molar-refractivity contribution in [2.24, 2.45) is 0 Å². The average molecular weight is 392 g/mol. The number of carbonyl (C=O) groups excluding carboxylic acids is 1. The van der Waals surface area contributed by atoms with Crippen LogP contribution in [0, 0.1) is 5.82 Å². The van der Waals surface area contributed by atoms with E-state index >= 15 is 0 Å². The van der Waals surface area contributed by atoms with E-state index in [1.165, 1.54) is 6.07 Å². The summed E-state index contributed by atoms with van der Waals surface area (Å²) in [6.07, 6.45) is 6.45. The Labute approximate surface area is 163 Å². The van der Waals surface area contributed by atoms with Gasteiger partial charge in [0.2, 0.25) is 0 Å². The van der Waals surface area contributed by atoms with E-state index in [2.05, 4.69) is 4.98 Å². The molecular weight excluding hydrogens is 369 g/mol. The maximum absolute atomic E-state index is 14.0. The predicted octanol–water partition coefficient (Wildman–Crippen LogP) is 4.68. The Balaban J connectivity index is 1.55. The summed E-state index contributed by atoms with van der Waals surface area (Å²) in [5.74, 6) is -0.735. The lowest BCUT2D eigenvalue weighted by molar-refractivity contribution is -0.163. The molecule has 1 saturated heterocycles. The van der Waals surface area contributed by atoms with Gasteiger partial charge < -0.3 is 14.3 Å². The monoisotopic (exact) mass is 391 g/mol. The van der Waals surface area contributed by atoms with Crippen LogP contribution in [0.1, 0.15) is 48.4 Å². The number of halogens is 2. The van der Waals surface area contributed by atoms with Crippen molar-refractivity contribution in [3.05, 3.63) is 64.2 Å². The molecular formula is C21H23ClFNO3. The third kappa shape index (κ3) is 5.58. The van der Waals surface area contributed by atoms with Crippen molar-refractivity contribution < 1.29 is 18.7 Å². The van der Waals surface area contributed by atoms with Crippen molar-refractivity contribution in [3.63, 3.8) is 0 Å². The van der Waals surface area contributed by atoms with Crippen molar-refractivity contribution in [2.75, 3.05) is 13.2 Å². The van der Waals surface area contributed by atoms with E-state index in [9.17, 15) is 9.18 Å². The zero-order valence-corrected chi connectivity index (χ0v) is 15.8. The summed E-state index contributed by atoms with van der Waals surface area (Å²) in [5, 5.41) is 0.111. The molecule has 0 bridgehead atoms. The van der Waals surface area contributed by atoms with Crippen molar-refractivity contribution in [3.8, 4) is 0 Å². The molecule has 2 aromatic rings. The van der Waals surface area contributed by atoms with Gasteiger partial charge >= 0.3 is 0 Å². The number of nitrogens with zero attached hydrogens (tertiary/aromatic N) is 1. The van der Waals surface area contributed by atoms with Gasteiger partial charge in [-0.1, -0.05) is 29.8 Å². The molecule has 1 aromatic carbocycles. The molecule has 1 aliphatic rings. The first-order valence-corrected chi connectivity index (χ1v) is 9.61. The fourth-order valence-electron chi connectivity index (χ4n) is 3.12. The smallest absolute Gasteiger partial charge is 0.157 e. The summed E-state index contributed by atoms with van der Waals surface area (Å²) in [6.45, 7) is 1.18. The number of aldehydes is 1. The van der Waals surface area contributed by atoms with Crippen LogP contribution >= 0.6 is 11.6 Å². The fourth-order valence-corrected chi connectivity index (χ4v) is 3.31. The van der Waals surface area contributed by atoms with Crippen LogP contribution in [0.2, 0.25) is 5.02 Å². The Bertz CT molecular complexity index is 748. The minimum absolute atomic E-state index is 0.111. The SMILES string of the molecule is O=CC(CCOC1CCCCO1)c1ccc(Cc2cccc(Cl)c2F)cn1. The molecule has 0 N–H and O–H groups in total. The summed E-state index contributed by atoms with van der Waals surface area (Å²) in [6, 6.07) is 8.63. The van der Waals surface area contributed by atoms with Crippen LogP contribution in [0.15, 0.2) is 36.5 Å². The van der Waals surface area contributed by atoms with Crippen LogP contribution in [0.4, 0.5) is 4.39 Å². The molecule has 0 aliphatic carbocycles. The molecule has 144 valence electrons. The lowest BCUT2D eigenvalue weighted by Gasteiger charge is -2.23. The average Bonchev–Trinajstić information content (AvgIpc) is 2.70. The van der Waals surface area contributed by atoms with Crippen LogP contribution in [-0.4, -0.2) is 30.8 Å². The van der Waals surface area contributed by atoms with E-state index in [-0.39, 0.29) is 17.2 Å². The summed E-state index contributed by atoms with van der Waals surface area (Å²) in [5.41, 5.74) is 2.06. The minimum atomic E-state index is -0.406. The van der Waals surface area contributed by atoms with E-state index in [0.717, 1.165) is 37.7 Å². The van der Waals surface area contributed by atoms with Crippen molar-refractivity contribution in [2.45, 2.75) is 44.3 Å². The molecule has 6 heteroatoms. The standard InChI is InChI=1S/C21H23ClFNO3/c22-18-5-3-4-16(21(18)23)12-15-7-8-19(24-13-15)17(14-25)9-11-27-20-6-1-2-10-26-20/h3-5,7-8,13-14,17,20H,1-2,6,9-12H2. The first-order valence-electron chi connectivity index (χ1n) is 9.23. The van der Waals surface area contributed by atoms with Crippen LogP contribution in [0.3, 0.4) is 0 Å². The number of rotatable bonds is 8. The second-order valence-electron chi connectivity index (χ2n) is 6.68. The molecule has 0 amide bonds. The van der Waals surface area contributed by atoms with Crippen molar-refractivity contribution >= 4 is 17.9 Å². The lowest BCUT2D eigenvalue weighted by Crippen LogP contribution is -2.23. The van der Waals surface area contributed by atoms with Gasteiger partial charge in [0.05, 0.1) is 23.2 Å². The van der Waals surface area contributed by atoms with Crippen LogP contribution in [0.5, 0.6) is 0 Å². The number of benzene rings is 1. The Morgan fingerprint density at radius 1 is 1.33 bits per heavy atom. The number of ether oxygens (including phenoxy) is 2. The molecule has 0 spiro atoms. The topological polar surface area (TPSA) is 48.4 Å². The van der Waals surface area contributed by atoms with Gasteiger partial charge in [-0.3, -0.25) is 4.98 Å². The third-order valence-electron chi connectivity index (χ3n) is 4.69. The van der Waals surface area contributed by atoms with E-state index < -0.39 is 5.82 Å². The Kier molecular flexibility index (Phi) is 7.33. The molecule has 2 atom stereocenters. The van der Waals surface area contributed by atoms with Crippen molar-refractivity contribution in [1.29, 1.82) is 0 Å². The summed E-state index contributed by atoms with van der Waals surface area (Å²) < 4.78 is 25.2. The Hall–Kier alpha value is -1.82. The molecule has 0 radical (unpaired) electrons. The number of pyridine rings is 1. The van der Waals surface area contributed by atoms with Gasteiger partial charge in [-0.15, -0.1) is 0 Å². The number of aromatic nitrogens is 1. The largest absolute Gasteiger partial charge is 0.353 e. The number of carbonyl (C=O) groups is 1. The van der Waals surface area contributed by atoms with Gasteiger partial charge in [0, 0.05) is 19.2 Å². The molecule has 2 heterocycles.